The minimum Gasteiger partial charge on any atom is -0.388 e. The van der Waals surface area contributed by atoms with Crippen molar-refractivity contribution < 1.29 is 5.11 Å². The first-order valence-electron chi connectivity index (χ1n) is 3.36. The molecule has 0 aliphatic rings. The van der Waals surface area contributed by atoms with Gasteiger partial charge in [-0.2, -0.15) is 0 Å². The number of rotatable bonds is 3. The smallest absolute Gasteiger partial charge is 0.0810 e. The van der Waals surface area contributed by atoms with Crippen LogP contribution < -0.4 is 5.73 Å². The normalized spacial score (nSPS) is 13.4. The van der Waals surface area contributed by atoms with Gasteiger partial charge in [0.1, 0.15) is 0 Å². The van der Waals surface area contributed by atoms with Gasteiger partial charge in [-0.15, -0.1) is 11.3 Å². The monoisotopic (exact) mass is 235 g/mol. The van der Waals surface area contributed by atoms with Crippen LogP contribution in [0.15, 0.2) is 15.2 Å². The highest BCUT2D eigenvalue weighted by Gasteiger charge is 2.07. The Hall–Kier alpha value is 0.100. The van der Waals surface area contributed by atoms with Crippen molar-refractivity contribution in [3.05, 3.63) is 20.8 Å². The van der Waals surface area contributed by atoms with Gasteiger partial charge in [0, 0.05) is 0 Å². The predicted octanol–water partition coefficient (Wildman–Crippen LogP) is 1.89. The van der Waals surface area contributed by atoms with Crippen molar-refractivity contribution in [2.45, 2.75) is 12.5 Å². The minimum absolute atomic E-state index is 0.400. The summed E-state index contributed by atoms with van der Waals surface area (Å²) >= 11 is 4.90. The third-order valence-electron chi connectivity index (χ3n) is 1.41. The van der Waals surface area contributed by atoms with Crippen LogP contribution in [0.5, 0.6) is 0 Å². The topological polar surface area (TPSA) is 46.2 Å². The van der Waals surface area contributed by atoms with E-state index in [-0.39, 0.29) is 0 Å². The highest BCUT2D eigenvalue weighted by atomic mass is 79.9. The first kappa shape index (κ1) is 9.19. The minimum atomic E-state index is -0.400. The Labute approximate surface area is 78.2 Å². The molecule has 62 valence electrons. The Balaban J connectivity index is 2.60. The van der Waals surface area contributed by atoms with Crippen molar-refractivity contribution in [2.75, 3.05) is 6.54 Å². The van der Waals surface area contributed by atoms with E-state index in [9.17, 15) is 5.11 Å². The molecule has 0 radical (unpaired) electrons. The molecule has 0 aromatic carbocycles. The zero-order valence-corrected chi connectivity index (χ0v) is 8.36. The van der Waals surface area contributed by atoms with Crippen LogP contribution in [0.1, 0.15) is 18.1 Å². The van der Waals surface area contributed by atoms with Gasteiger partial charge in [-0.05, 0) is 45.9 Å². The molecular weight excluding hydrogens is 226 g/mol. The first-order chi connectivity index (χ1) is 5.24. The van der Waals surface area contributed by atoms with Crippen molar-refractivity contribution in [2.24, 2.45) is 5.73 Å². The van der Waals surface area contributed by atoms with Crippen LogP contribution >= 0.6 is 27.3 Å². The Bertz CT molecular complexity index is 226. The van der Waals surface area contributed by atoms with Crippen LogP contribution in [-0.2, 0) is 0 Å². The van der Waals surface area contributed by atoms with Gasteiger partial charge in [-0.25, -0.2) is 0 Å². The zero-order chi connectivity index (χ0) is 8.27. The lowest BCUT2D eigenvalue weighted by Gasteiger charge is -2.04. The van der Waals surface area contributed by atoms with Gasteiger partial charge in [0.25, 0.3) is 0 Å². The maximum absolute atomic E-state index is 9.44. The summed E-state index contributed by atoms with van der Waals surface area (Å²) in [7, 11) is 0. The molecule has 0 bridgehead atoms. The molecule has 2 nitrogen and oxygen atoms in total. The van der Waals surface area contributed by atoms with E-state index in [2.05, 4.69) is 15.9 Å². The summed E-state index contributed by atoms with van der Waals surface area (Å²) in [5, 5.41) is 11.4. The zero-order valence-electron chi connectivity index (χ0n) is 5.96. The van der Waals surface area contributed by atoms with Crippen LogP contribution in [-0.4, -0.2) is 11.7 Å². The maximum atomic E-state index is 9.44. The molecule has 1 rings (SSSR count). The molecule has 0 saturated carbocycles. The Morgan fingerprint density at radius 1 is 1.73 bits per heavy atom. The van der Waals surface area contributed by atoms with Gasteiger partial charge in [0.2, 0.25) is 0 Å². The quantitative estimate of drug-likeness (QED) is 0.841. The van der Waals surface area contributed by atoms with Crippen molar-refractivity contribution in [1.29, 1.82) is 0 Å². The number of thiophene rings is 1. The molecule has 0 aliphatic heterocycles. The summed E-state index contributed by atoms with van der Waals surface area (Å²) in [5.41, 5.74) is 6.26. The van der Waals surface area contributed by atoms with Crippen LogP contribution in [0.4, 0.5) is 0 Å². The van der Waals surface area contributed by atoms with E-state index in [0.29, 0.717) is 13.0 Å². The Kier molecular flexibility index (Phi) is 3.51. The lowest BCUT2D eigenvalue weighted by molar-refractivity contribution is 0.171. The number of halogens is 1. The number of hydrogen-bond acceptors (Lipinski definition) is 3. The third kappa shape index (κ3) is 2.56. The molecule has 0 fully saturated rings. The molecule has 0 aliphatic carbocycles. The van der Waals surface area contributed by atoms with Crippen LogP contribution in [0.2, 0.25) is 0 Å². The van der Waals surface area contributed by atoms with Crippen LogP contribution in [0.3, 0.4) is 0 Å². The molecule has 1 aromatic rings. The summed E-state index contributed by atoms with van der Waals surface area (Å²) < 4.78 is 1.04. The van der Waals surface area contributed by atoms with Gasteiger partial charge in [0.05, 0.1) is 9.89 Å². The van der Waals surface area contributed by atoms with E-state index in [1.807, 2.05) is 11.4 Å². The average molecular weight is 236 g/mol. The molecule has 1 heterocycles. The van der Waals surface area contributed by atoms with Gasteiger partial charge < -0.3 is 10.8 Å². The summed E-state index contributed by atoms with van der Waals surface area (Å²) in [6.45, 7) is 0.522. The standard InChI is InChI=1S/C7H10BrNOS/c8-7-3-5(4-11-7)6(10)1-2-9/h3-4,6,10H,1-2,9H2/t6-/m1/s1. The molecule has 0 amide bonds. The number of aliphatic hydroxyl groups excluding tert-OH is 1. The van der Waals surface area contributed by atoms with E-state index >= 15 is 0 Å². The third-order valence-corrected chi connectivity index (χ3v) is 2.94. The largest absolute Gasteiger partial charge is 0.388 e. The molecule has 1 aromatic heterocycles. The van der Waals surface area contributed by atoms with Crippen molar-refractivity contribution in [3.8, 4) is 0 Å². The number of nitrogens with two attached hydrogens (primary N) is 1. The predicted molar refractivity (Wildman–Crippen MR) is 50.7 cm³/mol. The number of hydrogen-bond donors (Lipinski definition) is 2. The van der Waals surface area contributed by atoms with E-state index in [0.717, 1.165) is 9.35 Å². The fraction of sp³-hybridized carbons (Fsp3) is 0.429. The van der Waals surface area contributed by atoms with Crippen molar-refractivity contribution in [1.82, 2.24) is 0 Å². The molecule has 0 saturated heterocycles. The Morgan fingerprint density at radius 2 is 2.45 bits per heavy atom. The molecule has 0 spiro atoms. The van der Waals surface area contributed by atoms with Crippen LogP contribution in [0, 0.1) is 0 Å². The van der Waals surface area contributed by atoms with Gasteiger partial charge in [0.15, 0.2) is 0 Å². The number of aliphatic hydroxyl groups is 1. The highest BCUT2D eigenvalue weighted by molar-refractivity contribution is 9.11. The Morgan fingerprint density at radius 3 is 2.91 bits per heavy atom. The van der Waals surface area contributed by atoms with Gasteiger partial charge >= 0.3 is 0 Å². The fourth-order valence-corrected chi connectivity index (χ4v) is 2.05. The van der Waals surface area contributed by atoms with Crippen molar-refractivity contribution >= 4 is 27.3 Å². The second kappa shape index (κ2) is 4.21. The van der Waals surface area contributed by atoms with Gasteiger partial charge in [-0.1, -0.05) is 0 Å². The molecule has 4 heteroatoms. The van der Waals surface area contributed by atoms with E-state index < -0.39 is 6.10 Å². The SMILES string of the molecule is NCC[C@@H](O)c1csc(Br)c1. The molecule has 0 unspecified atom stereocenters. The van der Waals surface area contributed by atoms with Crippen LogP contribution in [0.25, 0.3) is 0 Å². The highest BCUT2D eigenvalue weighted by Crippen LogP contribution is 2.26. The van der Waals surface area contributed by atoms with E-state index in [4.69, 9.17) is 5.73 Å². The van der Waals surface area contributed by atoms with Crippen molar-refractivity contribution in [3.63, 3.8) is 0 Å². The summed E-state index contributed by atoms with van der Waals surface area (Å²) in [6, 6.07) is 1.92. The lowest BCUT2D eigenvalue weighted by Crippen LogP contribution is -2.05. The lowest BCUT2D eigenvalue weighted by atomic mass is 10.1. The molecular formula is C7H10BrNOS. The fourth-order valence-electron chi connectivity index (χ4n) is 0.823. The van der Waals surface area contributed by atoms with Gasteiger partial charge in [-0.3, -0.25) is 0 Å². The summed E-state index contributed by atoms with van der Waals surface area (Å²) in [4.78, 5) is 0. The second-order valence-corrected chi connectivity index (χ2v) is 4.57. The molecule has 1 atom stereocenters. The van der Waals surface area contributed by atoms with E-state index in [1.165, 1.54) is 0 Å². The second-order valence-electron chi connectivity index (χ2n) is 2.28. The maximum Gasteiger partial charge on any atom is 0.0810 e. The molecule has 11 heavy (non-hydrogen) atoms. The molecule has 3 N–H and O–H groups in total. The van der Waals surface area contributed by atoms with E-state index in [1.54, 1.807) is 11.3 Å². The summed E-state index contributed by atoms with van der Waals surface area (Å²) in [6.07, 6.45) is 0.228. The average Bonchev–Trinajstić information content (AvgIpc) is 2.36. The summed E-state index contributed by atoms with van der Waals surface area (Å²) in [5.74, 6) is 0. The first-order valence-corrected chi connectivity index (χ1v) is 5.03.